The Balaban J connectivity index is 1.43. The molecular weight excluding hydrogens is 428 g/mol. The Morgan fingerprint density at radius 1 is 0.900 bits per heavy atom. The van der Waals surface area contributed by atoms with Crippen LogP contribution in [0.5, 0.6) is 0 Å². The largest absolute Gasteiger partial charge is 0.339 e. The maximum atomic E-state index is 12.7. The normalized spacial score (nSPS) is 14.9. The maximum absolute atomic E-state index is 12.7. The molecular formula is C20H23ClN4O4S. The highest BCUT2D eigenvalue weighted by atomic mass is 35.5. The summed E-state index contributed by atoms with van der Waals surface area (Å²) in [5.41, 5.74) is 0.956. The monoisotopic (exact) mass is 450 g/mol. The summed E-state index contributed by atoms with van der Waals surface area (Å²) < 4.78 is 26.7. The number of rotatable bonds is 6. The molecule has 0 saturated carbocycles. The van der Waals surface area contributed by atoms with Crippen molar-refractivity contribution in [2.24, 2.45) is 0 Å². The molecule has 1 aliphatic rings. The maximum Gasteiger partial charge on any atom is 0.315 e. The van der Waals surface area contributed by atoms with E-state index in [-0.39, 0.29) is 43.5 Å². The topological polar surface area (TPSA) is 98.8 Å². The van der Waals surface area contributed by atoms with E-state index in [4.69, 9.17) is 11.6 Å². The summed E-state index contributed by atoms with van der Waals surface area (Å²) in [5, 5.41) is 5.69. The molecule has 0 aliphatic carbocycles. The zero-order valence-electron chi connectivity index (χ0n) is 16.3. The standard InChI is InChI=1S/C20H23ClN4O4S/c21-17-6-8-18(9-7-17)30(28,29)25-12-10-24(11-13-25)19(26)15-23-20(27)22-14-16-4-2-1-3-5-16/h1-9H,10-15H2,(H2,22,23,27). The lowest BCUT2D eigenvalue weighted by Gasteiger charge is -2.34. The van der Waals surface area contributed by atoms with Crippen molar-refractivity contribution in [2.75, 3.05) is 32.7 Å². The number of carbonyl (C=O) groups is 2. The number of carbonyl (C=O) groups excluding carboxylic acids is 2. The molecule has 1 saturated heterocycles. The summed E-state index contributed by atoms with van der Waals surface area (Å²) >= 11 is 5.82. The van der Waals surface area contributed by atoms with Gasteiger partial charge in [-0.2, -0.15) is 4.31 Å². The number of nitrogens with zero attached hydrogens (tertiary/aromatic N) is 2. The third-order valence-electron chi connectivity index (χ3n) is 4.74. The van der Waals surface area contributed by atoms with Crippen LogP contribution in [0.15, 0.2) is 59.5 Å². The van der Waals surface area contributed by atoms with Crippen molar-refractivity contribution in [3.63, 3.8) is 0 Å². The quantitative estimate of drug-likeness (QED) is 0.699. The molecule has 0 unspecified atom stereocenters. The van der Waals surface area contributed by atoms with Crippen LogP contribution in [0, 0.1) is 0 Å². The molecule has 3 rings (SSSR count). The van der Waals surface area contributed by atoms with Crippen molar-refractivity contribution in [1.82, 2.24) is 19.8 Å². The van der Waals surface area contributed by atoms with E-state index in [1.54, 1.807) is 4.90 Å². The van der Waals surface area contributed by atoms with Gasteiger partial charge in [-0.15, -0.1) is 0 Å². The van der Waals surface area contributed by atoms with Crippen LogP contribution in [0.4, 0.5) is 4.79 Å². The molecule has 160 valence electrons. The molecule has 1 fully saturated rings. The fourth-order valence-corrected chi connectivity index (χ4v) is 4.59. The smallest absolute Gasteiger partial charge is 0.315 e. The Morgan fingerprint density at radius 3 is 2.17 bits per heavy atom. The van der Waals surface area contributed by atoms with Gasteiger partial charge in [-0.25, -0.2) is 13.2 Å². The Hall–Kier alpha value is -2.62. The van der Waals surface area contributed by atoms with Gasteiger partial charge in [0.2, 0.25) is 15.9 Å². The van der Waals surface area contributed by atoms with Gasteiger partial charge in [0.1, 0.15) is 0 Å². The first-order chi connectivity index (χ1) is 14.4. The van der Waals surface area contributed by atoms with E-state index in [1.807, 2.05) is 30.3 Å². The van der Waals surface area contributed by atoms with E-state index in [0.29, 0.717) is 11.6 Å². The lowest BCUT2D eigenvalue weighted by atomic mass is 10.2. The van der Waals surface area contributed by atoms with Crippen molar-refractivity contribution in [1.29, 1.82) is 0 Å². The number of halogens is 1. The van der Waals surface area contributed by atoms with Crippen LogP contribution in [0.2, 0.25) is 5.02 Å². The van der Waals surface area contributed by atoms with E-state index in [1.165, 1.54) is 28.6 Å². The number of nitrogens with one attached hydrogen (secondary N) is 2. The first-order valence-corrected chi connectivity index (χ1v) is 11.3. The lowest BCUT2D eigenvalue weighted by molar-refractivity contribution is -0.131. The summed E-state index contributed by atoms with van der Waals surface area (Å²) in [6, 6.07) is 15.0. The van der Waals surface area contributed by atoms with Crippen molar-refractivity contribution in [3.05, 3.63) is 65.2 Å². The fraction of sp³-hybridized carbons (Fsp3) is 0.300. The molecule has 30 heavy (non-hydrogen) atoms. The Kier molecular flexibility index (Phi) is 7.30. The van der Waals surface area contributed by atoms with Gasteiger partial charge in [0.05, 0.1) is 11.4 Å². The highest BCUT2D eigenvalue weighted by Gasteiger charge is 2.30. The summed E-state index contributed by atoms with van der Waals surface area (Å²) in [4.78, 5) is 25.9. The number of hydrogen-bond donors (Lipinski definition) is 2. The van der Waals surface area contributed by atoms with E-state index in [9.17, 15) is 18.0 Å². The van der Waals surface area contributed by atoms with Gasteiger partial charge < -0.3 is 15.5 Å². The molecule has 0 radical (unpaired) electrons. The van der Waals surface area contributed by atoms with Gasteiger partial charge in [-0.1, -0.05) is 41.9 Å². The van der Waals surface area contributed by atoms with E-state index < -0.39 is 16.1 Å². The number of piperazine rings is 1. The zero-order chi connectivity index (χ0) is 21.6. The van der Waals surface area contributed by atoms with Crippen molar-refractivity contribution >= 4 is 33.6 Å². The Bertz CT molecular complexity index is 976. The van der Waals surface area contributed by atoms with Crippen LogP contribution in [-0.2, 0) is 21.4 Å². The van der Waals surface area contributed by atoms with Gasteiger partial charge >= 0.3 is 6.03 Å². The number of hydrogen-bond acceptors (Lipinski definition) is 4. The number of benzene rings is 2. The molecule has 3 amide bonds. The third-order valence-corrected chi connectivity index (χ3v) is 6.90. The minimum absolute atomic E-state index is 0.148. The average Bonchev–Trinajstić information content (AvgIpc) is 2.77. The summed E-state index contributed by atoms with van der Waals surface area (Å²) in [5.74, 6) is -0.256. The molecule has 2 N–H and O–H groups in total. The molecule has 1 heterocycles. The van der Waals surface area contributed by atoms with E-state index in [0.717, 1.165) is 5.56 Å². The second-order valence-corrected chi connectivity index (χ2v) is 9.13. The predicted octanol–water partition coefficient (Wildman–Crippen LogP) is 1.67. The highest BCUT2D eigenvalue weighted by molar-refractivity contribution is 7.89. The van der Waals surface area contributed by atoms with Gasteiger partial charge in [0.15, 0.2) is 0 Å². The van der Waals surface area contributed by atoms with E-state index in [2.05, 4.69) is 10.6 Å². The second kappa shape index (κ2) is 9.92. The third kappa shape index (κ3) is 5.71. The molecule has 10 heteroatoms. The van der Waals surface area contributed by atoms with Gasteiger partial charge in [0, 0.05) is 37.7 Å². The lowest BCUT2D eigenvalue weighted by Crippen LogP contribution is -2.53. The van der Waals surface area contributed by atoms with Crippen LogP contribution >= 0.6 is 11.6 Å². The molecule has 0 bridgehead atoms. The van der Waals surface area contributed by atoms with Crippen LogP contribution < -0.4 is 10.6 Å². The molecule has 0 spiro atoms. The molecule has 2 aromatic rings. The first kappa shape index (κ1) is 22.1. The van der Waals surface area contributed by atoms with Gasteiger partial charge in [-0.3, -0.25) is 4.79 Å². The van der Waals surface area contributed by atoms with Crippen molar-refractivity contribution < 1.29 is 18.0 Å². The minimum atomic E-state index is -3.63. The number of sulfonamides is 1. The van der Waals surface area contributed by atoms with Crippen LogP contribution in [0.3, 0.4) is 0 Å². The summed E-state index contributed by atoms with van der Waals surface area (Å²) in [7, 11) is -3.63. The fourth-order valence-electron chi connectivity index (χ4n) is 3.04. The Morgan fingerprint density at radius 2 is 1.53 bits per heavy atom. The van der Waals surface area contributed by atoms with Crippen LogP contribution in [-0.4, -0.2) is 62.3 Å². The van der Waals surface area contributed by atoms with Crippen LogP contribution in [0.25, 0.3) is 0 Å². The molecule has 8 nitrogen and oxygen atoms in total. The summed E-state index contributed by atoms with van der Waals surface area (Å²) in [6.45, 7) is 1.12. The van der Waals surface area contributed by atoms with Gasteiger partial charge in [-0.05, 0) is 29.8 Å². The van der Waals surface area contributed by atoms with Crippen LogP contribution in [0.1, 0.15) is 5.56 Å². The van der Waals surface area contributed by atoms with Gasteiger partial charge in [0.25, 0.3) is 0 Å². The van der Waals surface area contributed by atoms with Crippen molar-refractivity contribution in [2.45, 2.75) is 11.4 Å². The predicted molar refractivity (Wildman–Crippen MR) is 113 cm³/mol. The first-order valence-electron chi connectivity index (χ1n) is 9.45. The average molecular weight is 451 g/mol. The SMILES string of the molecule is O=C(NCC(=O)N1CCN(S(=O)(=O)c2ccc(Cl)cc2)CC1)NCc1ccccc1. The zero-order valence-corrected chi connectivity index (χ0v) is 17.8. The molecule has 1 aliphatic heterocycles. The molecule has 2 aromatic carbocycles. The summed E-state index contributed by atoms with van der Waals surface area (Å²) in [6.07, 6.45) is 0. The van der Waals surface area contributed by atoms with E-state index >= 15 is 0 Å². The highest BCUT2D eigenvalue weighted by Crippen LogP contribution is 2.19. The number of amides is 3. The number of urea groups is 1. The second-order valence-electron chi connectivity index (χ2n) is 6.76. The van der Waals surface area contributed by atoms with Crippen molar-refractivity contribution in [3.8, 4) is 0 Å². The Labute approximate surface area is 180 Å². The molecule has 0 aromatic heterocycles. The molecule has 0 atom stereocenters. The minimum Gasteiger partial charge on any atom is -0.339 e.